The Bertz CT molecular complexity index is 495. The Hall–Kier alpha value is -1.68. The largest absolute Gasteiger partial charge is 0.466 e. The van der Waals surface area contributed by atoms with Crippen LogP contribution in [-0.2, 0) is 19.1 Å². The molecule has 0 heterocycles. The zero-order valence-electron chi connectivity index (χ0n) is 20.1. The molecular weight excluding hydrogens is 376 g/mol. The standard InChI is InChI=1S/C10H16.C6H6.C4H8O2.C3H8O.C3H6O/c1-2-9-7-4-5-8(6-7)10(9)3-1;1-2-4-6-5-3-1;1-3-6-4(2)5;1-3-4-2;1-3(2)4/h7-10H,1-6H2;1-6H;3H2,1-2H3;3H2,1-2H3;1-2H3. The maximum Gasteiger partial charge on any atom is 0.302 e. The molecule has 0 N–H and O–H groups in total. The average Bonchev–Trinajstić information content (AvgIpc) is 3.45. The van der Waals surface area contributed by atoms with Crippen molar-refractivity contribution in [3.05, 3.63) is 36.4 Å². The van der Waals surface area contributed by atoms with Gasteiger partial charge in [0.05, 0.1) is 6.61 Å². The number of ether oxygens (including phenoxy) is 2. The van der Waals surface area contributed by atoms with E-state index in [-0.39, 0.29) is 11.8 Å². The monoisotopic (exact) mass is 420 g/mol. The molecule has 0 saturated heterocycles. The topological polar surface area (TPSA) is 52.6 Å². The minimum Gasteiger partial charge on any atom is -0.466 e. The first-order chi connectivity index (χ1) is 14.4. The highest BCUT2D eigenvalue weighted by Gasteiger charge is 2.48. The van der Waals surface area contributed by atoms with Crippen LogP contribution in [0.5, 0.6) is 0 Å². The molecule has 0 aromatic heterocycles. The lowest BCUT2D eigenvalue weighted by Crippen LogP contribution is -2.15. The maximum absolute atomic E-state index is 9.82. The van der Waals surface area contributed by atoms with Gasteiger partial charge in [-0.2, -0.15) is 0 Å². The van der Waals surface area contributed by atoms with Gasteiger partial charge in [-0.1, -0.05) is 42.8 Å². The van der Waals surface area contributed by atoms with Crippen LogP contribution in [0.2, 0.25) is 0 Å². The van der Waals surface area contributed by atoms with Gasteiger partial charge in [-0.05, 0) is 83.5 Å². The van der Waals surface area contributed by atoms with Gasteiger partial charge in [0.1, 0.15) is 5.78 Å². The predicted octanol–water partition coefficient (Wildman–Crippen LogP) is 6.34. The van der Waals surface area contributed by atoms with E-state index in [9.17, 15) is 9.59 Å². The second-order valence-electron chi connectivity index (χ2n) is 8.16. The van der Waals surface area contributed by atoms with Gasteiger partial charge < -0.3 is 14.3 Å². The van der Waals surface area contributed by atoms with Gasteiger partial charge in [-0.25, -0.2) is 0 Å². The molecule has 2 bridgehead atoms. The van der Waals surface area contributed by atoms with E-state index < -0.39 is 0 Å². The number of hydrogen-bond donors (Lipinski definition) is 0. The van der Waals surface area contributed by atoms with E-state index in [1.807, 2.05) is 43.3 Å². The minimum absolute atomic E-state index is 0.167. The predicted molar refractivity (Wildman–Crippen MR) is 124 cm³/mol. The summed E-state index contributed by atoms with van der Waals surface area (Å²) in [5.41, 5.74) is 0. The zero-order valence-corrected chi connectivity index (χ0v) is 20.1. The molecule has 0 amide bonds. The van der Waals surface area contributed by atoms with Crippen molar-refractivity contribution in [1.82, 2.24) is 0 Å². The van der Waals surface area contributed by atoms with Gasteiger partial charge in [0.25, 0.3) is 0 Å². The Balaban J connectivity index is 0.000000374. The number of ketones is 1. The van der Waals surface area contributed by atoms with Gasteiger partial charge in [-0.3, -0.25) is 4.79 Å². The summed E-state index contributed by atoms with van der Waals surface area (Å²) in [5, 5.41) is 0. The summed E-state index contributed by atoms with van der Waals surface area (Å²) < 4.78 is 8.94. The molecule has 4 heteroatoms. The van der Waals surface area contributed by atoms with Gasteiger partial charge >= 0.3 is 5.97 Å². The van der Waals surface area contributed by atoms with Crippen molar-refractivity contribution in [2.45, 2.75) is 73.1 Å². The molecule has 1 aromatic carbocycles. The van der Waals surface area contributed by atoms with Crippen LogP contribution in [0.25, 0.3) is 0 Å². The molecule has 0 spiro atoms. The van der Waals surface area contributed by atoms with Crippen LogP contribution in [0.4, 0.5) is 0 Å². The molecule has 4 nitrogen and oxygen atoms in total. The van der Waals surface area contributed by atoms with Gasteiger partial charge in [0.2, 0.25) is 0 Å². The second-order valence-corrected chi connectivity index (χ2v) is 8.16. The minimum atomic E-state index is -0.211. The highest BCUT2D eigenvalue weighted by molar-refractivity contribution is 5.72. The quantitative estimate of drug-likeness (QED) is 0.524. The Labute approximate surface area is 184 Å². The van der Waals surface area contributed by atoms with Crippen LogP contribution in [0.3, 0.4) is 0 Å². The Morgan fingerprint density at radius 1 is 0.767 bits per heavy atom. The van der Waals surface area contributed by atoms with E-state index in [0.29, 0.717) is 6.61 Å². The Morgan fingerprint density at radius 3 is 1.37 bits per heavy atom. The lowest BCUT2D eigenvalue weighted by atomic mass is 9.82. The molecule has 30 heavy (non-hydrogen) atoms. The number of esters is 1. The number of rotatable bonds is 2. The van der Waals surface area contributed by atoms with Crippen LogP contribution in [0.1, 0.15) is 73.1 Å². The molecule has 3 saturated carbocycles. The van der Waals surface area contributed by atoms with Crippen molar-refractivity contribution in [3.8, 4) is 0 Å². The normalized spacial score (nSPS) is 24.2. The van der Waals surface area contributed by atoms with E-state index in [2.05, 4.69) is 9.47 Å². The van der Waals surface area contributed by atoms with Crippen molar-refractivity contribution < 1.29 is 19.1 Å². The lowest BCUT2D eigenvalue weighted by Gasteiger charge is -2.23. The Kier molecular flexibility index (Phi) is 17.1. The summed E-state index contributed by atoms with van der Waals surface area (Å²) >= 11 is 0. The molecule has 3 aliphatic carbocycles. The van der Waals surface area contributed by atoms with Crippen molar-refractivity contribution in [3.63, 3.8) is 0 Å². The molecule has 0 radical (unpaired) electrons. The fourth-order valence-electron chi connectivity index (χ4n) is 4.61. The number of carbonyl (C=O) groups excluding carboxylic acids is 2. The highest BCUT2D eigenvalue weighted by Crippen LogP contribution is 2.58. The molecule has 1 aromatic rings. The molecule has 4 atom stereocenters. The Morgan fingerprint density at radius 2 is 1.13 bits per heavy atom. The number of hydrogen-bond acceptors (Lipinski definition) is 4. The maximum atomic E-state index is 9.82. The fourth-order valence-corrected chi connectivity index (χ4v) is 4.61. The summed E-state index contributed by atoms with van der Waals surface area (Å²) in [5.74, 6) is 4.75. The molecule has 172 valence electrons. The highest BCUT2D eigenvalue weighted by atomic mass is 16.5. The second kappa shape index (κ2) is 18.1. The van der Waals surface area contributed by atoms with Crippen LogP contribution >= 0.6 is 0 Å². The summed E-state index contributed by atoms with van der Waals surface area (Å²) in [6, 6.07) is 12.0. The zero-order chi connectivity index (χ0) is 22.8. The van der Waals surface area contributed by atoms with E-state index in [1.54, 1.807) is 52.6 Å². The molecule has 3 aliphatic rings. The summed E-state index contributed by atoms with van der Waals surface area (Å²) in [6.45, 7) is 9.49. The lowest BCUT2D eigenvalue weighted by molar-refractivity contribution is -0.140. The van der Waals surface area contributed by atoms with Crippen molar-refractivity contribution >= 4 is 11.8 Å². The van der Waals surface area contributed by atoms with Crippen molar-refractivity contribution in [2.75, 3.05) is 20.3 Å². The van der Waals surface area contributed by atoms with Crippen LogP contribution in [0, 0.1) is 23.7 Å². The SMILES string of the molecule is C1CC2C3CCC(C3)C2C1.CC(C)=O.CCOC.CCOC(C)=O.c1ccccc1. The first-order valence-electron chi connectivity index (χ1n) is 11.5. The van der Waals surface area contributed by atoms with E-state index >= 15 is 0 Å². The molecule has 4 rings (SSSR count). The van der Waals surface area contributed by atoms with E-state index in [0.717, 1.165) is 6.61 Å². The third kappa shape index (κ3) is 13.5. The smallest absolute Gasteiger partial charge is 0.302 e. The number of benzene rings is 1. The van der Waals surface area contributed by atoms with E-state index in [4.69, 9.17) is 0 Å². The van der Waals surface area contributed by atoms with Crippen LogP contribution < -0.4 is 0 Å². The molecule has 0 aliphatic heterocycles. The molecule has 3 fully saturated rings. The van der Waals surface area contributed by atoms with Crippen LogP contribution in [-0.4, -0.2) is 32.1 Å². The third-order valence-electron chi connectivity index (χ3n) is 5.65. The fraction of sp³-hybridized carbons (Fsp3) is 0.692. The van der Waals surface area contributed by atoms with Crippen molar-refractivity contribution in [1.29, 1.82) is 0 Å². The molecular formula is C26H44O4. The first-order valence-corrected chi connectivity index (χ1v) is 11.5. The van der Waals surface area contributed by atoms with Gasteiger partial charge in [0, 0.05) is 20.6 Å². The number of Topliss-reactive ketones (excluding diaryl/α,β-unsaturated/α-hetero) is 1. The van der Waals surface area contributed by atoms with Crippen molar-refractivity contribution in [2.24, 2.45) is 23.7 Å². The number of carbonyl (C=O) groups is 2. The summed E-state index contributed by atoms with van der Waals surface area (Å²) in [7, 11) is 1.68. The summed E-state index contributed by atoms with van der Waals surface area (Å²) in [4.78, 5) is 19.3. The number of methoxy groups -OCH3 is 1. The number of fused-ring (bicyclic) bond motifs is 5. The van der Waals surface area contributed by atoms with Gasteiger partial charge in [0.15, 0.2) is 0 Å². The summed E-state index contributed by atoms with van der Waals surface area (Å²) in [6.07, 6.45) is 9.53. The average molecular weight is 421 g/mol. The van der Waals surface area contributed by atoms with Gasteiger partial charge in [-0.15, -0.1) is 0 Å². The molecule has 4 unspecified atom stereocenters. The third-order valence-corrected chi connectivity index (χ3v) is 5.65. The van der Waals surface area contributed by atoms with E-state index in [1.165, 1.54) is 44.4 Å². The van der Waals surface area contributed by atoms with Crippen LogP contribution in [0.15, 0.2) is 36.4 Å². The first kappa shape index (κ1) is 28.3.